The number of methoxy groups -OCH3 is 1. The topological polar surface area (TPSA) is 55.3 Å². The fraction of sp³-hybridized carbons (Fsp3) is 0.389. The van der Waals surface area contributed by atoms with E-state index in [1.807, 2.05) is 36.9 Å². The van der Waals surface area contributed by atoms with Crippen LogP contribution in [-0.2, 0) is 10.2 Å². The van der Waals surface area contributed by atoms with Crippen LogP contribution in [0.4, 0.5) is 5.82 Å². The van der Waals surface area contributed by atoms with Crippen LogP contribution in [0.1, 0.15) is 37.4 Å². The van der Waals surface area contributed by atoms with Gasteiger partial charge < -0.3 is 4.74 Å². The molecule has 2 heterocycles. The average Bonchev–Trinajstić information content (AvgIpc) is 3.32. The van der Waals surface area contributed by atoms with Crippen LogP contribution < -0.4 is 9.64 Å². The van der Waals surface area contributed by atoms with E-state index in [-0.39, 0.29) is 11.9 Å². The van der Waals surface area contributed by atoms with Crippen LogP contribution in [0.2, 0.25) is 0 Å². The number of carbonyl (C=O) groups excluding carboxylic acids is 1. The Morgan fingerprint density at radius 1 is 1.26 bits per heavy atom. The van der Waals surface area contributed by atoms with Crippen LogP contribution in [0.25, 0.3) is 0 Å². The molecule has 1 aliphatic heterocycles. The molecule has 118 valence electrons. The number of benzene rings is 1. The second-order valence-corrected chi connectivity index (χ2v) is 6.71. The van der Waals surface area contributed by atoms with Gasteiger partial charge in [-0.2, -0.15) is 0 Å². The predicted octanol–water partition coefficient (Wildman–Crippen LogP) is 2.67. The number of fused-ring (bicyclic) bond motifs is 1. The summed E-state index contributed by atoms with van der Waals surface area (Å²) in [4.78, 5) is 23.6. The van der Waals surface area contributed by atoms with Gasteiger partial charge in [0.05, 0.1) is 18.2 Å². The molecule has 1 aliphatic carbocycles. The van der Waals surface area contributed by atoms with Gasteiger partial charge in [-0.3, -0.25) is 14.7 Å². The first-order valence-electron chi connectivity index (χ1n) is 7.83. The monoisotopic (exact) mass is 309 g/mol. The van der Waals surface area contributed by atoms with Crippen molar-refractivity contribution in [3.8, 4) is 5.75 Å². The Bertz CT molecular complexity index is 787. The summed E-state index contributed by atoms with van der Waals surface area (Å²) in [5, 5.41) is 0. The third-order valence-electron chi connectivity index (χ3n) is 4.86. The Labute approximate surface area is 135 Å². The highest BCUT2D eigenvalue weighted by molar-refractivity contribution is 6.06. The molecular weight excluding hydrogens is 290 g/mol. The lowest BCUT2D eigenvalue weighted by molar-refractivity contribution is -0.122. The molecule has 4 rings (SSSR count). The lowest BCUT2D eigenvalue weighted by Crippen LogP contribution is -2.38. The summed E-state index contributed by atoms with van der Waals surface area (Å²) < 4.78 is 5.30. The molecular formula is C18H19N3O2. The molecule has 2 aromatic rings. The number of nitrogens with zero attached hydrogens (tertiary/aromatic N) is 3. The van der Waals surface area contributed by atoms with Crippen molar-refractivity contribution in [3.63, 3.8) is 0 Å². The largest absolute Gasteiger partial charge is 0.497 e. The minimum Gasteiger partial charge on any atom is -0.497 e. The van der Waals surface area contributed by atoms with Crippen LogP contribution >= 0.6 is 0 Å². The molecule has 23 heavy (non-hydrogen) atoms. The maximum atomic E-state index is 12.9. The number of ether oxygens (including phenoxy) is 1. The maximum Gasteiger partial charge on any atom is 0.240 e. The molecule has 0 bridgehead atoms. The van der Waals surface area contributed by atoms with Gasteiger partial charge in [0.25, 0.3) is 0 Å². The first-order chi connectivity index (χ1) is 11.0. The highest BCUT2D eigenvalue weighted by atomic mass is 16.5. The van der Waals surface area contributed by atoms with E-state index >= 15 is 0 Å². The second kappa shape index (κ2) is 4.78. The molecule has 0 saturated heterocycles. The van der Waals surface area contributed by atoms with Gasteiger partial charge in [-0.1, -0.05) is 12.1 Å². The van der Waals surface area contributed by atoms with E-state index in [2.05, 4.69) is 16.0 Å². The Balaban J connectivity index is 1.67. The van der Waals surface area contributed by atoms with Crippen molar-refractivity contribution in [2.75, 3.05) is 12.0 Å². The molecule has 1 aromatic carbocycles. The zero-order valence-corrected chi connectivity index (χ0v) is 13.5. The van der Waals surface area contributed by atoms with Crippen LogP contribution in [-0.4, -0.2) is 29.0 Å². The van der Waals surface area contributed by atoms with E-state index in [0.29, 0.717) is 5.92 Å². The SMILES string of the molecule is COc1cccc(C2CC2N2C(=O)C(C)(C)c3nccnc32)c1. The standard InChI is InChI=1S/C18H19N3O2/c1-18(2)15-16(20-8-7-19-15)21(17(18)22)14-10-13(14)11-5-4-6-12(9-11)23-3/h4-9,13-14H,10H2,1-3H3. The van der Waals surface area contributed by atoms with Crippen molar-refractivity contribution in [2.24, 2.45) is 0 Å². The first kappa shape index (κ1) is 14.2. The van der Waals surface area contributed by atoms with Gasteiger partial charge in [-0.25, -0.2) is 4.98 Å². The molecule has 1 amide bonds. The van der Waals surface area contributed by atoms with E-state index in [9.17, 15) is 4.79 Å². The highest BCUT2D eigenvalue weighted by Crippen LogP contribution is 2.51. The minimum absolute atomic E-state index is 0.0918. The minimum atomic E-state index is -0.606. The number of hydrogen-bond acceptors (Lipinski definition) is 4. The summed E-state index contributed by atoms with van der Waals surface area (Å²) in [7, 11) is 1.67. The molecule has 1 saturated carbocycles. The van der Waals surface area contributed by atoms with Gasteiger partial charge in [0.1, 0.15) is 5.75 Å². The van der Waals surface area contributed by atoms with E-state index in [1.54, 1.807) is 19.5 Å². The number of hydrogen-bond donors (Lipinski definition) is 0. The summed E-state index contributed by atoms with van der Waals surface area (Å²) in [6.07, 6.45) is 4.26. The number of carbonyl (C=O) groups is 1. The molecule has 0 spiro atoms. The van der Waals surface area contributed by atoms with Crippen LogP contribution in [0.15, 0.2) is 36.7 Å². The summed E-state index contributed by atoms with van der Waals surface area (Å²) in [5.41, 5.74) is 1.38. The maximum absolute atomic E-state index is 12.9. The normalized spacial score (nSPS) is 24.5. The van der Waals surface area contributed by atoms with Crippen LogP contribution in [0.5, 0.6) is 5.75 Å². The Morgan fingerprint density at radius 2 is 2.04 bits per heavy atom. The summed E-state index contributed by atoms with van der Waals surface area (Å²) >= 11 is 0. The van der Waals surface area contributed by atoms with Crippen molar-refractivity contribution in [1.82, 2.24) is 9.97 Å². The lowest BCUT2D eigenvalue weighted by atomic mass is 9.91. The quantitative estimate of drug-likeness (QED) is 0.874. The molecule has 2 atom stereocenters. The smallest absolute Gasteiger partial charge is 0.240 e. The molecule has 0 radical (unpaired) electrons. The molecule has 5 heteroatoms. The third kappa shape index (κ3) is 2.03. The van der Waals surface area contributed by atoms with E-state index in [0.717, 1.165) is 23.7 Å². The number of anilines is 1. The molecule has 0 N–H and O–H groups in total. The number of aromatic nitrogens is 2. The van der Waals surface area contributed by atoms with Gasteiger partial charge >= 0.3 is 0 Å². The van der Waals surface area contributed by atoms with Crippen molar-refractivity contribution in [1.29, 1.82) is 0 Å². The molecule has 2 unspecified atom stereocenters. The summed E-state index contributed by atoms with van der Waals surface area (Å²) in [5.74, 6) is 1.99. The Hall–Kier alpha value is -2.43. The molecule has 2 aliphatic rings. The summed E-state index contributed by atoms with van der Waals surface area (Å²) in [6, 6.07) is 8.23. The summed E-state index contributed by atoms with van der Waals surface area (Å²) in [6.45, 7) is 3.84. The van der Waals surface area contributed by atoms with Crippen molar-refractivity contribution in [2.45, 2.75) is 37.6 Å². The van der Waals surface area contributed by atoms with E-state index in [4.69, 9.17) is 4.74 Å². The van der Waals surface area contributed by atoms with Crippen molar-refractivity contribution >= 4 is 11.7 Å². The van der Waals surface area contributed by atoms with Crippen LogP contribution in [0, 0.1) is 0 Å². The highest BCUT2D eigenvalue weighted by Gasteiger charge is 2.55. The second-order valence-electron chi connectivity index (χ2n) is 6.71. The molecule has 1 fully saturated rings. The fourth-order valence-corrected chi connectivity index (χ4v) is 3.45. The number of amides is 1. The van der Waals surface area contributed by atoms with Gasteiger partial charge in [-0.05, 0) is 38.0 Å². The van der Waals surface area contributed by atoms with Crippen LogP contribution in [0.3, 0.4) is 0 Å². The zero-order chi connectivity index (χ0) is 16.2. The average molecular weight is 309 g/mol. The van der Waals surface area contributed by atoms with Gasteiger partial charge in [-0.15, -0.1) is 0 Å². The van der Waals surface area contributed by atoms with Crippen molar-refractivity contribution < 1.29 is 9.53 Å². The van der Waals surface area contributed by atoms with Gasteiger partial charge in [0.2, 0.25) is 5.91 Å². The molecule has 5 nitrogen and oxygen atoms in total. The zero-order valence-electron chi connectivity index (χ0n) is 13.5. The third-order valence-corrected chi connectivity index (χ3v) is 4.86. The fourth-order valence-electron chi connectivity index (χ4n) is 3.45. The van der Waals surface area contributed by atoms with Crippen molar-refractivity contribution in [3.05, 3.63) is 47.9 Å². The lowest BCUT2D eigenvalue weighted by Gasteiger charge is -2.19. The van der Waals surface area contributed by atoms with Gasteiger partial charge in [0, 0.05) is 24.4 Å². The van der Waals surface area contributed by atoms with Gasteiger partial charge in [0.15, 0.2) is 5.82 Å². The first-order valence-corrected chi connectivity index (χ1v) is 7.83. The number of rotatable bonds is 3. The van der Waals surface area contributed by atoms with E-state index < -0.39 is 5.41 Å². The predicted molar refractivity (Wildman–Crippen MR) is 86.7 cm³/mol. The van der Waals surface area contributed by atoms with E-state index in [1.165, 1.54) is 5.56 Å². The Kier molecular flexibility index (Phi) is 2.95. The Morgan fingerprint density at radius 3 is 2.83 bits per heavy atom. The molecule has 1 aromatic heterocycles.